The van der Waals surface area contributed by atoms with Crippen molar-refractivity contribution in [3.8, 4) is 0 Å². The molecule has 0 aliphatic carbocycles. The molecule has 39 heavy (non-hydrogen) atoms. The van der Waals surface area contributed by atoms with Crippen molar-refractivity contribution in [2.24, 2.45) is 0 Å². The Bertz CT molecular complexity index is 1380. The molecule has 0 saturated carbocycles. The van der Waals surface area contributed by atoms with Gasteiger partial charge in [-0.25, -0.2) is 9.59 Å². The number of carboxylic acid groups (broad SMARTS) is 2. The Balaban J connectivity index is 0.000000267. The molecule has 0 aliphatic heterocycles. The molecule has 2 N–H and O–H groups in total. The average molecular weight is 606 g/mol. The Hall–Kier alpha value is -4.74. The first-order valence-corrected chi connectivity index (χ1v) is 11.6. The van der Waals surface area contributed by atoms with Crippen LogP contribution < -0.4 is 0 Å². The summed E-state index contributed by atoms with van der Waals surface area (Å²) in [5.74, 6) is -2.32. The van der Waals surface area contributed by atoms with Gasteiger partial charge in [-0.1, -0.05) is 109 Å². The molecule has 4 aromatic rings. The van der Waals surface area contributed by atoms with Crippen LogP contribution >= 0.6 is 0 Å². The van der Waals surface area contributed by atoms with Gasteiger partial charge in [0, 0.05) is 30.6 Å². The van der Waals surface area contributed by atoms with E-state index in [0.29, 0.717) is 22.3 Å². The number of benzene rings is 4. The van der Waals surface area contributed by atoms with E-state index in [9.17, 15) is 19.2 Å². The summed E-state index contributed by atoms with van der Waals surface area (Å²) in [7, 11) is 0. The number of rotatable bonds is 8. The van der Waals surface area contributed by atoms with Crippen LogP contribution in [0.5, 0.6) is 0 Å². The first-order valence-electron chi connectivity index (χ1n) is 11.6. The van der Waals surface area contributed by atoms with Gasteiger partial charge in [-0.05, 0) is 35.4 Å². The fraction of sp³-hybridized carbons (Fsp3) is 0. The van der Waals surface area contributed by atoms with Crippen molar-refractivity contribution in [2.75, 3.05) is 0 Å². The predicted octanol–water partition coefficient (Wildman–Crippen LogP) is 6.56. The Kier molecular flexibility index (Phi) is 12.1. The predicted molar refractivity (Wildman–Crippen MR) is 146 cm³/mol. The van der Waals surface area contributed by atoms with Crippen LogP contribution in [0.3, 0.4) is 0 Å². The molecule has 0 bridgehead atoms. The fourth-order valence-electron chi connectivity index (χ4n) is 3.40. The zero-order valence-electron chi connectivity index (χ0n) is 20.6. The Labute approximate surface area is 238 Å². The van der Waals surface area contributed by atoms with Gasteiger partial charge in [0.2, 0.25) is 0 Å². The minimum atomic E-state index is -1.01. The molecule has 0 heterocycles. The SMILES string of the molecule is O=C(C=Cc1ccccc1C(=O)O)c1ccccc1.O=C(C=Cc1ccccc1C(=O)O)c1ccccc1.[Ru]. The second-order valence-corrected chi connectivity index (χ2v) is 7.91. The fourth-order valence-corrected chi connectivity index (χ4v) is 3.40. The van der Waals surface area contributed by atoms with Crippen LogP contribution in [0, 0.1) is 0 Å². The molecule has 0 atom stereocenters. The van der Waals surface area contributed by atoms with E-state index in [1.54, 1.807) is 84.9 Å². The summed E-state index contributed by atoms with van der Waals surface area (Å²) in [6.07, 6.45) is 5.83. The first-order chi connectivity index (χ1) is 18.4. The van der Waals surface area contributed by atoms with Crippen LogP contribution in [0.2, 0.25) is 0 Å². The summed E-state index contributed by atoms with van der Waals surface area (Å²) in [5.41, 5.74) is 2.54. The Morgan fingerprint density at radius 1 is 0.462 bits per heavy atom. The second kappa shape index (κ2) is 15.5. The van der Waals surface area contributed by atoms with Crippen molar-refractivity contribution in [2.45, 2.75) is 0 Å². The summed E-state index contributed by atoms with van der Waals surface area (Å²) in [4.78, 5) is 45.8. The van der Waals surface area contributed by atoms with Crippen LogP contribution in [-0.4, -0.2) is 33.7 Å². The van der Waals surface area contributed by atoms with Gasteiger partial charge < -0.3 is 10.2 Å². The van der Waals surface area contributed by atoms with Gasteiger partial charge in [0.05, 0.1) is 11.1 Å². The van der Waals surface area contributed by atoms with Gasteiger partial charge in [0.1, 0.15) is 0 Å². The van der Waals surface area contributed by atoms with E-state index in [0.717, 1.165) is 0 Å². The molecule has 0 radical (unpaired) electrons. The van der Waals surface area contributed by atoms with Gasteiger partial charge in [-0.2, -0.15) is 0 Å². The van der Waals surface area contributed by atoms with Crippen LogP contribution in [0.1, 0.15) is 52.6 Å². The summed E-state index contributed by atoms with van der Waals surface area (Å²) in [6.45, 7) is 0. The average Bonchev–Trinajstić information content (AvgIpc) is 2.96. The van der Waals surface area contributed by atoms with Gasteiger partial charge in [-0.15, -0.1) is 0 Å². The molecule has 0 spiro atoms. The molecule has 0 amide bonds. The molecule has 6 nitrogen and oxygen atoms in total. The summed E-state index contributed by atoms with van der Waals surface area (Å²) < 4.78 is 0. The molecule has 0 aliphatic rings. The quantitative estimate of drug-likeness (QED) is 0.134. The number of carboxylic acids is 2. The maximum atomic E-state index is 11.9. The number of ketones is 2. The van der Waals surface area contributed by atoms with E-state index in [1.165, 1.54) is 36.4 Å². The van der Waals surface area contributed by atoms with Crippen LogP contribution in [0.25, 0.3) is 12.2 Å². The maximum Gasteiger partial charge on any atom is 0.336 e. The van der Waals surface area contributed by atoms with Crippen LogP contribution in [0.15, 0.2) is 121 Å². The number of hydrogen-bond donors (Lipinski definition) is 2. The molecule has 196 valence electrons. The van der Waals surface area contributed by atoms with Crippen LogP contribution in [0.4, 0.5) is 0 Å². The van der Waals surface area contributed by atoms with Crippen LogP contribution in [-0.2, 0) is 19.5 Å². The second-order valence-electron chi connectivity index (χ2n) is 7.91. The number of aromatic carboxylic acids is 2. The molecule has 0 unspecified atom stereocenters. The largest absolute Gasteiger partial charge is 0.478 e. The zero-order chi connectivity index (χ0) is 27.3. The molecule has 4 aromatic carbocycles. The summed E-state index contributed by atoms with van der Waals surface area (Å²) >= 11 is 0. The number of allylic oxidation sites excluding steroid dienone is 2. The minimum Gasteiger partial charge on any atom is -0.478 e. The van der Waals surface area contributed by atoms with Gasteiger partial charge >= 0.3 is 11.9 Å². The summed E-state index contributed by atoms with van der Waals surface area (Å²) in [6, 6.07) is 30.8. The molecule has 7 heteroatoms. The topological polar surface area (TPSA) is 109 Å². The van der Waals surface area contributed by atoms with Gasteiger partial charge in [0.25, 0.3) is 0 Å². The van der Waals surface area contributed by atoms with Crippen molar-refractivity contribution in [3.63, 3.8) is 0 Å². The molecular formula is C32H24O6Ru. The van der Waals surface area contributed by atoms with E-state index < -0.39 is 11.9 Å². The Morgan fingerprint density at radius 3 is 1.10 bits per heavy atom. The smallest absolute Gasteiger partial charge is 0.336 e. The number of carbonyl (C=O) groups excluding carboxylic acids is 2. The van der Waals surface area contributed by atoms with Crippen molar-refractivity contribution < 1.29 is 48.9 Å². The molecule has 4 rings (SSSR count). The molecular weight excluding hydrogens is 581 g/mol. The van der Waals surface area contributed by atoms with E-state index in [4.69, 9.17) is 10.2 Å². The zero-order valence-corrected chi connectivity index (χ0v) is 22.3. The van der Waals surface area contributed by atoms with Crippen molar-refractivity contribution in [1.82, 2.24) is 0 Å². The normalized spacial score (nSPS) is 10.3. The van der Waals surface area contributed by atoms with E-state index in [-0.39, 0.29) is 42.2 Å². The van der Waals surface area contributed by atoms with Crippen molar-refractivity contribution in [1.29, 1.82) is 0 Å². The van der Waals surface area contributed by atoms with E-state index in [2.05, 4.69) is 0 Å². The van der Waals surface area contributed by atoms with Crippen molar-refractivity contribution in [3.05, 3.63) is 155 Å². The Morgan fingerprint density at radius 2 is 0.769 bits per heavy atom. The van der Waals surface area contributed by atoms with E-state index >= 15 is 0 Å². The van der Waals surface area contributed by atoms with Gasteiger partial charge in [0.15, 0.2) is 11.6 Å². The van der Waals surface area contributed by atoms with Gasteiger partial charge in [-0.3, -0.25) is 9.59 Å². The standard InChI is InChI=1S/2C16H12O3.Ru/c2*17-15(13-7-2-1-3-8-13)11-10-12-6-4-5-9-14(12)16(18)19;/h2*1-11H,(H,18,19);. The maximum absolute atomic E-state index is 11.9. The number of carbonyl (C=O) groups is 4. The minimum absolute atomic E-state index is 0. The first kappa shape index (κ1) is 30.5. The van der Waals surface area contributed by atoms with Crippen molar-refractivity contribution >= 4 is 35.7 Å². The monoisotopic (exact) mass is 606 g/mol. The van der Waals surface area contributed by atoms with E-state index in [1.807, 2.05) is 12.1 Å². The summed E-state index contributed by atoms with van der Waals surface area (Å²) in [5, 5.41) is 18.1. The third-order valence-electron chi connectivity index (χ3n) is 5.33. The molecule has 0 saturated heterocycles. The molecule has 0 fully saturated rings. The third-order valence-corrected chi connectivity index (χ3v) is 5.33. The molecule has 0 aromatic heterocycles. The number of hydrogen-bond acceptors (Lipinski definition) is 4. The third kappa shape index (κ3) is 9.26.